The summed E-state index contributed by atoms with van der Waals surface area (Å²) in [6.07, 6.45) is 7.66. The maximum Gasteiger partial charge on any atom is -0.0149 e. The highest BCUT2D eigenvalue weighted by atomic mass is 14.2. The van der Waals surface area contributed by atoms with Gasteiger partial charge in [0, 0.05) is 0 Å². The Kier molecular flexibility index (Phi) is 2.65. The van der Waals surface area contributed by atoms with E-state index in [1.165, 1.54) is 36.5 Å². The fraction of sp³-hybridized carbons (Fsp3) is 0.312. The summed E-state index contributed by atoms with van der Waals surface area (Å²) in [7, 11) is 0. The zero-order valence-electron chi connectivity index (χ0n) is 9.52. The normalized spacial score (nSPS) is 17.8. The summed E-state index contributed by atoms with van der Waals surface area (Å²) in [5, 5.41) is 2.84. The van der Waals surface area contributed by atoms with Crippen LogP contribution in [0.1, 0.15) is 37.2 Å². The van der Waals surface area contributed by atoms with Gasteiger partial charge in [-0.2, -0.15) is 0 Å². The first-order chi connectivity index (χ1) is 7.95. The molecule has 0 bridgehead atoms. The third-order valence-electron chi connectivity index (χ3n) is 3.70. The lowest BCUT2D eigenvalue weighted by Gasteiger charge is -2.23. The highest BCUT2D eigenvalue weighted by molar-refractivity contribution is 5.86. The lowest BCUT2D eigenvalue weighted by atomic mass is 9.82. The molecule has 0 nitrogen and oxygen atoms in total. The predicted molar refractivity (Wildman–Crippen MR) is 69.5 cm³/mol. The summed E-state index contributed by atoms with van der Waals surface area (Å²) in [4.78, 5) is 0. The summed E-state index contributed by atoms with van der Waals surface area (Å²) in [6.45, 7) is 0. The maximum atomic E-state index is 2.43. The Bertz CT molecular complexity index is 473. The molecule has 0 N–H and O–H groups in total. The Labute approximate surface area is 97.3 Å². The number of hydrogen-bond acceptors (Lipinski definition) is 0. The third-order valence-corrected chi connectivity index (χ3v) is 3.70. The number of hydrogen-bond donors (Lipinski definition) is 0. The van der Waals surface area contributed by atoms with Gasteiger partial charge in [-0.1, -0.05) is 42.5 Å². The fourth-order valence-corrected chi connectivity index (χ4v) is 2.84. The molecule has 2 aromatic carbocycles. The second kappa shape index (κ2) is 4.29. The Morgan fingerprint density at radius 2 is 1.56 bits per heavy atom. The van der Waals surface area contributed by atoms with Gasteiger partial charge in [0.15, 0.2) is 0 Å². The molecule has 81 valence electrons. The minimum absolute atomic E-state index is 0.774. The molecule has 0 amide bonds. The van der Waals surface area contributed by atoms with Crippen LogP contribution in [0.25, 0.3) is 10.8 Å². The van der Waals surface area contributed by atoms with E-state index in [0.717, 1.165) is 5.92 Å². The van der Waals surface area contributed by atoms with Crippen molar-refractivity contribution >= 4 is 10.8 Å². The SMILES string of the molecule is [CH]1CCC(c2cccc3ccccc23)CC1. The molecule has 0 spiro atoms. The molecule has 0 heterocycles. The molecule has 3 rings (SSSR count). The van der Waals surface area contributed by atoms with E-state index in [1.807, 2.05) is 0 Å². The van der Waals surface area contributed by atoms with E-state index < -0.39 is 0 Å². The van der Waals surface area contributed by atoms with Crippen molar-refractivity contribution < 1.29 is 0 Å². The van der Waals surface area contributed by atoms with Crippen LogP contribution in [0.3, 0.4) is 0 Å². The van der Waals surface area contributed by atoms with Gasteiger partial charge in [-0.25, -0.2) is 0 Å². The van der Waals surface area contributed by atoms with Crippen LogP contribution in [0.4, 0.5) is 0 Å². The average Bonchev–Trinajstić information content (AvgIpc) is 2.39. The lowest BCUT2D eigenvalue weighted by molar-refractivity contribution is 0.514. The van der Waals surface area contributed by atoms with Gasteiger partial charge in [0.2, 0.25) is 0 Å². The van der Waals surface area contributed by atoms with Crippen LogP contribution >= 0.6 is 0 Å². The molecular formula is C16H17. The number of fused-ring (bicyclic) bond motifs is 1. The van der Waals surface area contributed by atoms with Crippen LogP contribution in [0.5, 0.6) is 0 Å². The Morgan fingerprint density at radius 1 is 0.812 bits per heavy atom. The van der Waals surface area contributed by atoms with Crippen molar-refractivity contribution in [1.82, 2.24) is 0 Å². The Hall–Kier alpha value is -1.30. The highest BCUT2D eigenvalue weighted by Crippen LogP contribution is 2.35. The van der Waals surface area contributed by atoms with Crippen LogP contribution in [-0.2, 0) is 0 Å². The molecule has 1 aliphatic rings. The molecule has 0 unspecified atom stereocenters. The Balaban J connectivity index is 2.08. The van der Waals surface area contributed by atoms with E-state index >= 15 is 0 Å². The van der Waals surface area contributed by atoms with Gasteiger partial charge in [-0.15, -0.1) is 0 Å². The first kappa shape index (κ1) is 9.89. The molecule has 0 heteroatoms. The van der Waals surface area contributed by atoms with E-state index in [9.17, 15) is 0 Å². The van der Waals surface area contributed by atoms with Gasteiger partial charge < -0.3 is 0 Å². The number of benzene rings is 2. The van der Waals surface area contributed by atoms with Crippen molar-refractivity contribution in [2.45, 2.75) is 31.6 Å². The van der Waals surface area contributed by atoms with Gasteiger partial charge in [0.25, 0.3) is 0 Å². The minimum Gasteiger partial charge on any atom is -0.0616 e. The van der Waals surface area contributed by atoms with Gasteiger partial charge >= 0.3 is 0 Å². The zero-order chi connectivity index (χ0) is 10.8. The van der Waals surface area contributed by atoms with E-state index in [4.69, 9.17) is 0 Å². The molecule has 2 aromatic rings. The average molecular weight is 209 g/mol. The zero-order valence-corrected chi connectivity index (χ0v) is 9.52. The van der Waals surface area contributed by atoms with E-state index in [2.05, 4.69) is 48.9 Å². The molecule has 1 fully saturated rings. The molecule has 1 radical (unpaired) electrons. The highest BCUT2D eigenvalue weighted by Gasteiger charge is 2.17. The largest absolute Gasteiger partial charge is 0.0616 e. The maximum absolute atomic E-state index is 2.43. The smallest absolute Gasteiger partial charge is 0.0149 e. The van der Waals surface area contributed by atoms with E-state index in [-0.39, 0.29) is 0 Å². The molecule has 16 heavy (non-hydrogen) atoms. The standard InChI is InChI=1S/C16H17/c1-2-7-13(8-3-1)16-12-6-10-14-9-4-5-11-15(14)16/h1,4-6,9-13H,2-3,7-8H2. The van der Waals surface area contributed by atoms with E-state index in [1.54, 1.807) is 5.56 Å². The lowest BCUT2D eigenvalue weighted by Crippen LogP contribution is -2.05. The van der Waals surface area contributed by atoms with Crippen molar-refractivity contribution in [3.63, 3.8) is 0 Å². The molecule has 0 atom stereocenters. The Morgan fingerprint density at radius 3 is 2.44 bits per heavy atom. The van der Waals surface area contributed by atoms with Crippen molar-refractivity contribution in [3.8, 4) is 0 Å². The molecule has 0 saturated heterocycles. The summed E-state index contributed by atoms with van der Waals surface area (Å²) in [6, 6.07) is 15.5. The van der Waals surface area contributed by atoms with Crippen LogP contribution in [0.2, 0.25) is 0 Å². The topological polar surface area (TPSA) is 0 Å². The monoisotopic (exact) mass is 209 g/mol. The van der Waals surface area contributed by atoms with Crippen molar-refractivity contribution in [2.24, 2.45) is 0 Å². The first-order valence-electron chi connectivity index (χ1n) is 6.24. The fourth-order valence-electron chi connectivity index (χ4n) is 2.84. The second-order valence-corrected chi connectivity index (χ2v) is 4.71. The van der Waals surface area contributed by atoms with Crippen LogP contribution < -0.4 is 0 Å². The summed E-state index contributed by atoms with van der Waals surface area (Å²) in [5.74, 6) is 0.774. The van der Waals surface area contributed by atoms with Crippen molar-refractivity contribution in [2.75, 3.05) is 0 Å². The number of rotatable bonds is 1. The van der Waals surface area contributed by atoms with Crippen molar-refractivity contribution in [1.29, 1.82) is 0 Å². The molecule has 1 aliphatic carbocycles. The van der Waals surface area contributed by atoms with Gasteiger partial charge in [-0.3, -0.25) is 0 Å². The molecule has 0 aliphatic heterocycles. The molecular weight excluding hydrogens is 192 g/mol. The van der Waals surface area contributed by atoms with Crippen LogP contribution in [-0.4, -0.2) is 0 Å². The quantitative estimate of drug-likeness (QED) is 0.638. The van der Waals surface area contributed by atoms with Gasteiger partial charge in [-0.05, 0) is 54.4 Å². The van der Waals surface area contributed by atoms with Gasteiger partial charge in [0.05, 0.1) is 0 Å². The minimum atomic E-state index is 0.774. The first-order valence-corrected chi connectivity index (χ1v) is 6.24. The molecule has 1 saturated carbocycles. The van der Waals surface area contributed by atoms with Crippen molar-refractivity contribution in [3.05, 3.63) is 54.4 Å². The van der Waals surface area contributed by atoms with Gasteiger partial charge in [0.1, 0.15) is 0 Å². The van der Waals surface area contributed by atoms with E-state index in [0.29, 0.717) is 0 Å². The second-order valence-electron chi connectivity index (χ2n) is 4.71. The van der Waals surface area contributed by atoms with Crippen LogP contribution in [0, 0.1) is 6.42 Å². The van der Waals surface area contributed by atoms with Crippen LogP contribution in [0.15, 0.2) is 42.5 Å². The summed E-state index contributed by atoms with van der Waals surface area (Å²) < 4.78 is 0. The predicted octanol–water partition coefficient (Wildman–Crippen LogP) is 4.70. The summed E-state index contributed by atoms with van der Waals surface area (Å²) in [5.41, 5.74) is 1.56. The summed E-state index contributed by atoms with van der Waals surface area (Å²) >= 11 is 0. The third kappa shape index (κ3) is 1.73. The molecule has 0 aromatic heterocycles.